The van der Waals surface area contributed by atoms with Crippen molar-refractivity contribution in [2.75, 3.05) is 39.8 Å². The van der Waals surface area contributed by atoms with E-state index in [4.69, 9.17) is 10.00 Å². The van der Waals surface area contributed by atoms with Gasteiger partial charge in [0.25, 0.3) is 0 Å². The molecular weight excluding hydrogens is 280 g/mol. The van der Waals surface area contributed by atoms with Crippen molar-refractivity contribution in [3.8, 4) is 11.8 Å². The molecule has 1 aliphatic heterocycles. The zero-order chi connectivity index (χ0) is 15.8. The van der Waals surface area contributed by atoms with Crippen molar-refractivity contribution in [3.05, 3.63) is 29.8 Å². The maximum Gasteiger partial charge on any atom is 0.238 e. The van der Waals surface area contributed by atoms with E-state index in [0.717, 1.165) is 38.3 Å². The van der Waals surface area contributed by atoms with Gasteiger partial charge in [-0.2, -0.15) is 5.26 Å². The SMILES string of the molecule is CNC(=O)C1CN(CCCOc2cccc(C#N)c2)CCN1. The highest BCUT2D eigenvalue weighted by molar-refractivity contribution is 5.81. The van der Waals surface area contributed by atoms with Crippen LogP contribution in [0.2, 0.25) is 0 Å². The molecule has 1 atom stereocenters. The van der Waals surface area contributed by atoms with Gasteiger partial charge in [-0.15, -0.1) is 0 Å². The molecule has 0 radical (unpaired) electrons. The van der Waals surface area contributed by atoms with Crippen LogP contribution in [0.25, 0.3) is 0 Å². The molecule has 1 amide bonds. The van der Waals surface area contributed by atoms with Crippen LogP contribution in [-0.2, 0) is 4.79 Å². The molecule has 2 N–H and O–H groups in total. The van der Waals surface area contributed by atoms with Crippen molar-refractivity contribution in [1.82, 2.24) is 15.5 Å². The number of likely N-dealkylation sites (N-methyl/N-ethyl adjacent to an activating group) is 1. The van der Waals surface area contributed by atoms with E-state index in [0.29, 0.717) is 12.2 Å². The summed E-state index contributed by atoms with van der Waals surface area (Å²) in [6.45, 7) is 3.99. The highest BCUT2D eigenvalue weighted by Gasteiger charge is 2.23. The van der Waals surface area contributed by atoms with Crippen LogP contribution in [0.15, 0.2) is 24.3 Å². The molecule has 6 nitrogen and oxygen atoms in total. The molecule has 22 heavy (non-hydrogen) atoms. The number of hydrogen-bond donors (Lipinski definition) is 2. The first-order valence-corrected chi connectivity index (χ1v) is 7.53. The lowest BCUT2D eigenvalue weighted by Crippen LogP contribution is -2.56. The fourth-order valence-electron chi connectivity index (χ4n) is 2.50. The average molecular weight is 302 g/mol. The first-order chi connectivity index (χ1) is 10.7. The first-order valence-electron chi connectivity index (χ1n) is 7.53. The van der Waals surface area contributed by atoms with Crippen molar-refractivity contribution in [1.29, 1.82) is 5.26 Å². The number of hydrogen-bond acceptors (Lipinski definition) is 5. The maximum atomic E-state index is 11.6. The molecule has 0 aliphatic carbocycles. The molecule has 0 saturated carbocycles. The second kappa shape index (κ2) is 8.37. The van der Waals surface area contributed by atoms with E-state index in [-0.39, 0.29) is 11.9 Å². The predicted octanol–water partition coefficient (Wildman–Crippen LogP) is 0.347. The van der Waals surface area contributed by atoms with E-state index >= 15 is 0 Å². The monoisotopic (exact) mass is 302 g/mol. The highest BCUT2D eigenvalue weighted by Crippen LogP contribution is 2.12. The summed E-state index contributed by atoms with van der Waals surface area (Å²) in [6, 6.07) is 9.14. The molecule has 1 heterocycles. The molecule has 0 bridgehead atoms. The number of nitriles is 1. The second-order valence-corrected chi connectivity index (χ2v) is 5.26. The highest BCUT2D eigenvalue weighted by atomic mass is 16.5. The quantitative estimate of drug-likeness (QED) is 0.741. The van der Waals surface area contributed by atoms with E-state index in [9.17, 15) is 4.79 Å². The molecular formula is C16H22N4O2. The average Bonchev–Trinajstić information content (AvgIpc) is 2.58. The van der Waals surface area contributed by atoms with Crippen molar-refractivity contribution in [2.24, 2.45) is 0 Å². The Bertz CT molecular complexity index is 541. The molecule has 1 unspecified atom stereocenters. The molecule has 1 aliphatic rings. The number of amides is 1. The molecule has 1 aromatic carbocycles. The molecule has 1 aromatic rings. The van der Waals surface area contributed by atoms with Gasteiger partial charge in [-0.05, 0) is 24.6 Å². The zero-order valence-electron chi connectivity index (χ0n) is 12.8. The summed E-state index contributed by atoms with van der Waals surface area (Å²) in [5, 5.41) is 14.7. The van der Waals surface area contributed by atoms with E-state index in [1.54, 1.807) is 19.2 Å². The van der Waals surface area contributed by atoms with Crippen LogP contribution < -0.4 is 15.4 Å². The lowest BCUT2D eigenvalue weighted by molar-refractivity contribution is -0.123. The number of carbonyl (C=O) groups excluding carboxylic acids is 1. The number of nitrogens with one attached hydrogen (secondary N) is 2. The standard InChI is InChI=1S/C16H22N4O2/c1-18-16(21)15-12-20(8-6-19-15)7-3-9-22-14-5-2-4-13(10-14)11-17/h2,4-5,10,15,19H,3,6-9,12H2,1H3,(H,18,21). The Hall–Kier alpha value is -2.10. The van der Waals surface area contributed by atoms with Gasteiger partial charge in [-0.25, -0.2) is 0 Å². The van der Waals surface area contributed by atoms with Crippen LogP contribution in [0, 0.1) is 11.3 Å². The molecule has 0 spiro atoms. The van der Waals surface area contributed by atoms with Gasteiger partial charge in [0, 0.05) is 33.2 Å². The minimum absolute atomic E-state index is 0.0364. The second-order valence-electron chi connectivity index (χ2n) is 5.26. The normalized spacial score (nSPS) is 18.5. The first kappa shape index (κ1) is 16.3. The Labute approximate surface area is 131 Å². The maximum absolute atomic E-state index is 11.6. The summed E-state index contributed by atoms with van der Waals surface area (Å²) in [6.07, 6.45) is 0.886. The Kier molecular flexibility index (Phi) is 6.19. The molecule has 1 fully saturated rings. The molecule has 6 heteroatoms. The predicted molar refractivity (Wildman–Crippen MR) is 83.6 cm³/mol. The number of benzene rings is 1. The van der Waals surface area contributed by atoms with E-state index in [2.05, 4.69) is 21.6 Å². The van der Waals surface area contributed by atoms with Crippen LogP contribution >= 0.6 is 0 Å². The van der Waals surface area contributed by atoms with E-state index < -0.39 is 0 Å². The Balaban J connectivity index is 1.70. The topological polar surface area (TPSA) is 77.4 Å². The minimum Gasteiger partial charge on any atom is -0.494 e. The van der Waals surface area contributed by atoms with E-state index in [1.165, 1.54) is 0 Å². The molecule has 1 saturated heterocycles. The van der Waals surface area contributed by atoms with Crippen molar-refractivity contribution >= 4 is 5.91 Å². The third kappa shape index (κ3) is 4.72. The van der Waals surface area contributed by atoms with Crippen LogP contribution in [0.4, 0.5) is 0 Å². The number of nitrogens with zero attached hydrogens (tertiary/aromatic N) is 2. The summed E-state index contributed by atoms with van der Waals surface area (Å²) >= 11 is 0. The Morgan fingerprint density at radius 3 is 3.23 bits per heavy atom. The van der Waals surface area contributed by atoms with Gasteiger partial charge < -0.3 is 15.4 Å². The lowest BCUT2D eigenvalue weighted by atomic mass is 10.2. The summed E-state index contributed by atoms with van der Waals surface area (Å²) in [5.74, 6) is 0.761. The lowest BCUT2D eigenvalue weighted by Gasteiger charge is -2.32. The van der Waals surface area contributed by atoms with Crippen molar-refractivity contribution < 1.29 is 9.53 Å². The summed E-state index contributed by atoms with van der Waals surface area (Å²) in [7, 11) is 1.66. The largest absolute Gasteiger partial charge is 0.494 e. The smallest absolute Gasteiger partial charge is 0.238 e. The van der Waals surface area contributed by atoms with Crippen LogP contribution in [0.3, 0.4) is 0 Å². The third-order valence-electron chi connectivity index (χ3n) is 3.67. The molecule has 2 rings (SSSR count). The summed E-state index contributed by atoms with van der Waals surface area (Å²) in [4.78, 5) is 13.9. The Morgan fingerprint density at radius 2 is 2.45 bits per heavy atom. The van der Waals surface area contributed by atoms with E-state index in [1.807, 2.05) is 12.1 Å². The van der Waals surface area contributed by atoms with Gasteiger partial charge in [-0.1, -0.05) is 6.07 Å². The van der Waals surface area contributed by atoms with Gasteiger partial charge in [0.05, 0.1) is 24.3 Å². The molecule has 118 valence electrons. The summed E-state index contributed by atoms with van der Waals surface area (Å²) in [5.41, 5.74) is 0.605. The van der Waals surface area contributed by atoms with Gasteiger partial charge in [0.15, 0.2) is 0 Å². The van der Waals surface area contributed by atoms with Gasteiger partial charge in [0.2, 0.25) is 5.91 Å². The van der Waals surface area contributed by atoms with Crippen LogP contribution in [0.5, 0.6) is 5.75 Å². The Morgan fingerprint density at radius 1 is 1.59 bits per heavy atom. The number of rotatable bonds is 6. The minimum atomic E-state index is -0.132. The number of ether oxygens (including phenoxy) is 1. The fraction of sp³-hybridized carbons (Fsp3) is 0.500. The van der Waals surface area contributed by atoms with Crippen molar-refractivity contribution in [3.63, 3.8) is 0 Å². The van der Waals surface area contributed by atoms with Gasteiger partial charge in [0.1, 0.15) is 5.75 Å². The van der Waals surface area contributed by atoms with Gasteiger partial charge >= 0.3 is 0 Å². The van der Waals surface area contributed by atoms with Crippen LogP contribution in [0.1, 0.15) is 12.0 Å². The fourth-order valence-corrected chi connectivity index (χ4v) is 2.50. The van der Waals surface area contributed by atoms with Crippen molar-refractivity contribution in [2.45, 2.75) is 12.5 Å². The summed E-state index contributed by atoms with van der Waals surface area (Å²) < 4.78 is 5.66. The number of piperazine rings is 1. The third-order valence-corrected chi connectivity index (χ3v) is 3.67. The van der Waals surface area contributed by atoms with Gasteiger partial charge in [-0.3, -0.25) is 9.69 Å². The van der Waals surface area contributed by atoms with Crippen LogP contribution in [-0.4, -0.2) is 56.7 Å². The number of carbonyl (C=O) groups is 1. The zero-order valence-corrected chi connectivity index (χ0v) is 12.8. The molecule has 0 aromatic heterocycles.